The molecular weight excluding hydrogens is 432 g/mol. The van der Waals surface area contributed by atoms with Crippen molar-refractivity contribution in [2.45, 2.75) is 33.7 Å². The van der Waals surface area contributed by atoms with Crippen LogP contribution >= 0.6 is 0 Å². The second kappa shape index (κ2) is 9.88. The molecule has 3 aromatic carbocycles. The van der Waals surface area contributed by atoms with E-state index in [0.29, 0.717) is 12.1 Å². The summed E-state index contributed by atoms with van der Waals surface area (Å²) in [4.78, 5) is 19.9. The van der Waals surface area contributed by atoms with Crippen molar-refractivity contribution in [3.8, 4) is 0 Å². The van der Waals surface area contributed by atoms with E-state index in [9.17, 15) is 4.79 Å². The number of hydrogen-bond donors (Lipinski definition) is 2. The van der Waals surface area contributed by atoms with Crippen molar-refractivity contribution in [2.75, 3.05) is 25.0 Å². The average Bonchev–Trinajstić information content (AvgIpc) is 2.85. The Hall–Kier alpha value is -3.70. The van der Waals surface area contributed by atoms with Gasteiger partial charge in [0.25, 0.3) is 5.91 Å². The number of nitrogens with zero attached hydrogens (tertiary/aromatic N) is 2. The molecule has 1 aromatic heterocycles. The number of rotatable bonds is 6. The van der Waals surface area contributed by atoms with Gasteiger partial charge in [-0.15, -0.1) is 0 Å². The lowest BCUT2D eigenvalue weighted by atomic mass is 9.94. The van der Waals surface area contributed by atoms with Gasteiger partial charge in [-0.1, -0.05) is 36.4 Å². The average molecular weight is 465 g/mol. The highest BCUT2D eigenvalue weighted by Crippen LogP contribution is 2.27. The topological polar surface area (TPSA) is 57.3 Å². The molecule has 0 spiro atoms. The number of anilines is 2. The zero-order valence-electron chi connectivity index (χ0n) is 20.7. The van der Waals surface area contributed by atoms with E-state index in [0.717, 1.165) is 54.0 Å². The fourth-order valence-electron chi connectivity index (χ4n) is 4.84. The molecule has 0 atom stereocenters. The van der Waals surface area contributed by atoms with E-state index in [4.69, 9.17) is 0 Å². The molecule has 0 saturated carbocycles. The number of para-hydroxylation sites is 1. The van der Waals surface area contributed by atoms with E-state index in [1.54, 1.807) is 0 Å². The second-order valence-corrected chi connectivity index (χ2v) is 9.52. The highest BCUT2D eigenvalue weighted by Gasteiger charge is 2.17. The van der Waals surface area contributed by atoms with Gasteiger partial charge in [-0.05, 0) is 79.8 Å². The largest absolute Gasteiger partial charge is 0.355 e. The lowest BCUT2D eigenvalue weighted by molar-refractivity contribution is 0.0947. The monoisotopic (exact) mass is 464 g/mol. The number of aryl methyl sites for hydroxylation is 3. The maximum absolute atomic E-state index is 12.9. The van der Waals surface area contributed by atoms with E-state index in [1.807, 2.05) is 55.5 Å². The minimum absolute atomic E-state index is 0.0479. The van der Waals surface area contributed by atoms with Crippen molar-refractivity contribution in [3.63, 3.8) is 0 Å². The van der Waals surface area contributed by atoms with Gasteiger partial charge >= 0.3 is 0 Å². The molecule has 0 radical (unpaired) electrons. The molecule has 2 N–H and O–H groups in total. The van der Waals surface area contributed by atoms with Gasteiger partial charge in [0, 0.05) is 54.2 Å². The normalized spacial score (nSPS) is 13.5. The van der Waals surface area contributed by atoms with Crippen molar-refractivity contribution in [1.29, 1.82) is 0 Å². The summed E-state index contributed by atoms with van der Waals surface area (Å²) in [5.41, 5.74) is 10.0. The van der Waals surface area contributed by atoms with Crippen LogP contribution in [-0.4, -0.2) is 35.4 Å². The molecule has 35 heavy (non-hydrogen) atoms. The number of carbonyl (C=O) groups excluding carboxylic acids is 1. The van der Waals surface area contributed by atoms with Crippen molar-refractivity contribution in [3.05, 3.63) is 100 Å². The van der Waals surface area contributed by atoms with Crippen molar-refractivity contribution < 1.29 is 4.79 Å². The molecule has 0 unspecified atom stereocenters. The number of amides is 1. The van der Waals surface area contributed by atoms with Gasteiger partial charge in [0.05, 0.1) is 5.52 Å². The van der Waals surface area contributed by atoms with Crippen LogP contribution in [0.4, 0.5) is 11.4 Å². The fourth-order valence-corrected chi connectivity index (χ4v) is 4.84. The van der Waals surface area contributed by atoms with E-state index < -0.39 is 0 Å². The Morgan fingerprint density at radius 2 is 1.74 bits per heavy atom. The Balaban J connectivity index is 1.20. The number of hydrogen-bond acceptors (Lipinski definition) is 4. The first-order valence-electron chi connectivity index (χ1n) is 12.3. The molecule has 1 aliphatic rings. The Bertz CT molecular complexity index is 1390. The number of benzene rings is 3. The molecule has 178 valence electrons. The highest BCUT2D eigenvalue weighted by atomic mass is 16.1. The summed E-state index contributed by atoms with van der Waals surface area (Å²) in [6.07, 6.45) is 1.07. The molecule has 0 saturated heterocycles. The van der Waals surface area contributed by atoms with E-state index in [-0.39, 0.29) is 5.91 Å². The van der Waals surface area contributed by atoms with Gasteiger partial charge in [0.15, 0.2) is 0 Å². The lowest BCUT2D eigenvalue weighted by Crippen LogP contribution is -2.37. The van der Waals surface area contributed by atoms with Crippen LogP contribution < -0.4 is 10.6 Å². The summed E-state index contributed by atoms with van der Waals surface area (Å²) in [5.74, 6) is -0.0479. The summed E-state index contributed by atoms with van der Waals surface area (Å²) < 4.78 is 0. The minimum Gasteiger partial charge on any atom is -0.355 e. The molecule has 0 fully saturated rings. The first kappa shape index (κ1) is 23.1. The third kappa shape index (κ3) is 5.20. The number of nitrogens with one attached hydrogen (secondary N) is 2. The zero-order valence-corrected chi connectivity index (χ0v) is 20.7. The number of fused-ring (bicyclic) bond motifs is 2. The van der Waals surface area contributed by atoms with Crippen molar-refractivity contribution in [2.24, 2.45) is 0 Å². The summed E-state index contributed by atoms with van der Waals surface area (Å²) in [7, 11) is 0. The summed E-state index contributed by atoms with van der Waals surface area (Å²) in [5, 5.41) is 7.64. The Kier molecular flexibility index (Phi) is 6.51. The molecular formula is C30H32N4O. The quantitative estimate of drug-likeness (QED) is 0.385. The van der Waals surface area contributed by atoms with Crippen LogP contribution in [0, 0.1) is 20.8 Å². The van der Waals surface area contributed by atoms with Crippen LogP contribution in [0.2, 0.25) is 0 Å². The first-order valence-corrected chi connectivity index (χ1v) is 12.3. The number of pyridine rings is 1. The molecule has 0 bridgehead atoms. The van der Waals surface area contributed by atoms with Gasteiger partial charge < -0.3 is 10.6 Å². The van der Waals surface area contributed by atoms with Gasteiger partial charge in [-0.25, -0.2) is 0 Å². The van der Waals surface area contributed by atoms with Crippen LogP contribution in [0.1, 0.15) is 38.3 Å². The van der Waals surface area contributed by atoms with Crippen LogP contribution in [-0.2, 0) is 13.0 Å². The number of carbonyl (C=O) groups is 1. The third-order valence-corrected chi connectivity index (χ3v) is 6.87. The van der Waals surface area contributed by atoms with E-state index >= 15 is 0 Å². The predicted molar refractivity (Wildman–Crippen MR) is 143 cm³/mol. The van der Waals surface area contributed by atoms with Crippen molar-refractivity contribution in [1.82, 2.24) is 15.2 Å². The zero-order chi connectivity index (χ0) is 24.4. The molecule has 5 heteroatoms. The summed E-state index contributed by atoms with van der Waals surface area (Å²) >= 11 is 0. The Morgan fingerprint density at radius 3 is 2.60 bits per heavy atom. The highest BCUT2D eigenvalue weighted by molar-refractivity contribution is 5.96. The Labute approximate surface area is 207 Å². The minimum atomic E-state index is -0.0479. The fraction of sp³-hybridized carbons (Fsp3) is 0.267. The van der Waals surface area contributed by atoms with Gasteiger partial charge in [0.1, 0.15) is 0 Å². The Morgan fingerprint density at radius 1 is 0.943 bits per heavy atom. The molecule has 2 heterocycles. The van der Waals surface area contributed by atoms with Crippen LogP contribution in [0.25, 0.3) is 10.9 Å². The maximum atomic E-state index is 12.9. The van der Waals surface area contributed by atoms with Crippen LogP contribution in [0.3, 0.4) is 0 Å². The van der Waals surface area contributed by atoms with Gasteiger partial charge in [-0.3, -0.25) is 14.7 Å². The molecule has 0 aliphatic carbocycles. The van der Waals surface area contributed by atoms with E-state index in [2.05, 4.69) is 52.6 Å². The van der Waals surface area contributed by atoms with Crippen molar-refractivity contribution >= 4 is 28.2 Å². The third-order valence-electron chi connectivity index (χ3n) is 6.87. The smallest absolute Gasteiger partial charge is 0.251 e. The SMILES string of the molecule is Cc1cc(Nc2cccc(C(=O)NCCN3CCc4cc(C)c(C)cc4C3)c2)c2ccccc2n1. The molecule has 1 aliphatic heterocycles. The second-order valence-electron chi connectivity index (χ2n) is 9.52. The lowest BCUT2D eigenvalue weighted by Gasteiger charge is -2.29. The molecule has 4 aromatic rings. The molecule has 5 rings (SSSR count). The molecule has 5 nitrogen and oxygen atoms in total. The maximum Gasteiger partial charge on any atom is 0.251 e. The molecule has 1 amide bonds. The standard InChI is InChI=1S/C30H32N4O/c1-20-15-23-11-13-34(19-25(23)16-21(20)2)14-12-31-30(35)24-7-6-8-26(18-24)33-29-17-22(3)32-28-10-5-4-9-27(28)29/h4-10,15-18H,11-14,19H2,1-3H3,(H,31,35)(H,32,33). The van der Waals surface area contributed by atoms with Crippen LogP contribution in [0.5, 0.6) is 0 Å². The van der Waals surface area contributed by atoms with Gasteiger partial charge in [-0.2, -0.15) is 0 Å². The number of aromatic nitrogens is 1. The van der Waals surface area contributed by atoms with E-state index in [1.165, 1.54) is 22.3 Å². The first-order chi connectivity index (χ1) is 17.0. The van der Waals surface area contributed by atoms with Gasteiger partial charge in [0.2, 0.25) is 0 Å². The predicted octanol–water partition coefficient (Wildman–Crippen LogP) is 5.69. The summed E-state index contributed by atoms with van der Waals surface area (Å²) in [6.45, 7) is 9.81. The van der Waals surface area contributed by atoms with Crippen LogP contribution in [0.15, 0.2) is 66.7 Å². The summed E-state index contributed by atoms with van der Waals surface area (Å²) in [6, 6.07) is 22.4.